The first-order chi connectivity index (χ1) is 11.5. The van der Waals surface area contributed by atoms with Crippen molar-refractivity contribution in [1.82, 2.24) is 10.9 Å². The van der Waals surface area contributed by atoms with Gasteiger partial charge in [0.05, 0.1) is 4.47 Å². The van der Waals surface area contributed by atoms with Crippen molar-refractivity contribution < 1.29 is 14.3 Å². The maximum Gasteiger partial charge on any atom is 0.276 e. The first-order valence-electron chi connectivity index (χ1n) is 7.25. The van der Waals surface area contributed by atoms with E-state index >= 15 is 0 Å². The number of nitrogens with one attached hydrogen (secondary N) is 2. The number of carbonyl (C=O) groups excluding carboxylic acids is 2. The fourth-order valence-electron chi connectivity index (χ4n) is 1.89. The molecule has 7 heteroatoms. The Hall–Kier alpha value is -2.05. The van der Waals surface area contributed by atoms with Gasteiger partial charge in [-0.2, -0.15) is 0 Å². The predicted molar refractivity (Wildman–Crippen MR) is 96.1 cm³/mol. The Kier molecular flexibility index (Phi) is 6.63. The molecule has 2 N–H and O–H groups in total. The van der Waals surface area contributed by atoms with Gasteiger partial charge in [0.2, 0.25) is 0 Å². The number of ether oxygens (including phenoxy) is 1. The summed E-state index contributed by atoms with van der Waals surface area (Å²) in [6.45, 7) is 1.83. The Morgan fingerprint density at radius 1 is 1.17 bits per heavy atom. The van der Waals surface area contributed by atoms with Crippen molar-refractivity contribution in [2.24, 2.45) is 0 Å². The van der Waals surface area contributed by atoms with Crippen LogP contribution in [0.3, 0.4) is 0 Å². The highest BCUT2D eigenvalue weighted by atomic mass is 79.9. The van der Waals surface area contributed by atoms with Crippen molar-refractivity contribution in [3.63, 3.8) is 0 Å². The van der Waals surface area contributed by atoms with Crippen LogP contribution in [0, 0.1) is 0 Å². The van der Waals surface area contributed by atoms with Crippen molar-refractivity contribution >= 4 is 39.3 Å². The smallest absolute Gasteiger partial charge is 0.276 e. The number of hydrazine groups is 1. The lowest BCUT2D eigenvalue weighted by Gasteiger charge is -2.10. The molecule has 0 heterocycles. The summed E-state index contributed by atoms with van der Waals surface area (Å²) in [4.78, 5) is 23.6. The van der Waals surface area contributed by atoms with Crippen molar-refractivity contribution in [3.05, 3.63) is 63.1 Å². The van der Waals surface area contributed by atoms with Gasteiger partial charge in [-0.25, -0.2) is 0 Å². The highest BCUT2D eigenvalue weighted by molar-refractivity contribution is 9.10. The molecule has 0 fully saturated rings. The monoisotopic (exact) mass is 410 g/mol. The molecule has 2 aromatic rings. The molecule has 0 saturated heterocycles. The van der Waals surface area contributed by atoms with E-state index in [1.165, 1.54) is 6.07 Å². The fourth-order valence-corrected chi connectivity index (χ4v) is 2.62. The molecule has 5 nitrogen and oxygen atoms in total. The molecule has 0 radical (unpaired) electrons. The summed E-state index contributed by atoms with van der Waals surface area (Å²) in [7, 11) is 0. The molecule has 126 valence electrons. The molecule has 0 spiro atoms. The first-order valence-corrected chi connectivity index (χ1v) is 8.42. The Bertz CT molecular complexity index is 752. The van der Waals surface area contributed by atoms with Crippen LogP contribution >= 0.6 is 27.5 Å². The van der Waals surface area contributed by atoms with Crippen LogP contribution in [-0.2, 0) is 11.2 Å². The Labute approximate surface area is 153 Å². The van der Waals surface area contributed by atoms with Crippen molar-refractivity contribution in [3.8, 4) is 5.75 Å². The number of amides is 2. The lowest BCUT2D eigenvalue weighted by Crippen LogP contribution is -2.43. The minimum atomic E-state index is -0.475. The molecule has 0 saturated carbocycles. The standard InChI is InChI=1S/C17H16BrClN2O3/c1-2-11-6-7-15(14(18)8-11)24-10-16(22)20-21-17(23)12-4-3-5-13(19)9-12/h3-9H,2,10H2,1H3,(H,20,22)(H,21,23). The van der Waals surface area contributed by atoms with Gasteiger partial charge in [0.1, 0.15) is 5.75 Å². The number of carbonyl (C=O) groups is 2. The Morgan fingerprint density at radius 3 is 2.62 bits per heavy atom. The maximum absolute atomic E-state index is 11.9. The number of hydrogen-bond donors (Lipinski definition) is 2. The highest BCUT2D eigenvalue weighted by Gasteiger charge is 2.09. The largest absolute Gasteiger partial charge is 0.483 e. The molecule has 24 heavy (non-hydrogen) atoms. The second-order valence-electron chi connectivity index (χ2n) is 4.92. The van der Waals surface area contributed by atoms with Gasteiger partial charge in [-0.3, -0.25) is 20.4 Å². The molecule has 2 rings (SSSR count). The molecule has 0 atom stereocenters. The van der Waals surface area contributed by atoms with E-state index in [1.807, 2.05) is 12.1 Å². The van der Waals surface area contributed by atoms with Crippen molar-refractivity contribution in [2.45, 2.75) is 13.3 Å². The summed E-state index contributed by atoms with van der Waals surface area (Å²) in [5, 5.41) is 0.442. The third-order valence-electron chi connectivity index (χ3n) is 3.17. The van der Waals surface area contributed by atoms with Gasteiger partial charge >= 0.3 is 0 Å². The van der Waals surface area contributed by atoms with Gasteiger partial charge in [-0.15, -0.1) is 0 Å². The molecular formula is C17H16BrClN2O3. The molecule has 0 aliphatic heterocycles. The predicted octanol–water partition coefficient (Wildman–Crippen LogP) is 3.50. The zero-order chi connectivity index (χ0) is 17.5. The van der Waals surface area contributed by atoms with Crippen LogP contribution < -0.4 is 15.6 Å². The number of benzene rings is 2. The second-order valence-corrected chi connectivity index (χ2v) is 6.21. The van der Waals surface area contributed by atoms with Crippen LogP contribution in [0.2, 0.25) is 5.02 Å². The van der Waals surface area contributed by atoms with E-state index in [0.717, 1.165) is 16.5 Å². The Balaban J connectivity index is 1.82. The van der Waals surface area contributed by atoms with Gasteiger partial charge in [-0.1, -0.05) is 30.7 Å². The molecule has 0 aromatic heterocycles. The molecule has 0 aliphatic rings. The average molecular weight is 412 g/mol. The van der Waals surface area contributed by atoms with E-state index in [4.69, 9.17) is 16.3 Å². The van der Waals surface area contributed by atoms with Crippen LogP contribution in [0.5, 0.6) is 5.75 Å². The SMILES string of the molecule is CCc1ccc(OCC(=O)NNC(=O)c2cccc(Cl)c2)c(Br)c1. The first kappa shape index (κ1) is 18.3. The summed E-state index contributed by atoms with van der Waals surface area (Å²) in [5.41, 5.74) is 6.11. The minimum Gasteiger partial charge on any atom is -0.483 e. The van der Waals surface area contributed by atoms with E-state index in [1.54, 1.807) is 24.3 Å². The summed E-state index contributed by atoms with van der Waals surface area (Å²) in [6, 6.07) is 12.1. The number of aryl methyl sites for hydroxylation is 1. The van der Waals surface area contributed by atoms with Crippen LogP contribution in [0.25, 0.3) is 0 Å². The third-order valence-corrected chi connectivity index (χ3v) is 4.02. The molecule has 0 aliphatic carbocycles. The molecular weight excluding hydrogens is 396 g/mol. The fraction of sp³-hybridized carbons (Fsp3) is 0.176. The summed E-state index contributed by atoms with van der Waals surface area (Å²) < 4.78 is 6.20. The number of halogens is 2. The van der Waals surface area contributed by atoms with Gasteiger partial charge in [-0.05, 0) is 58.2 Å². The van der Waals surface area contributed by atoms with Gasteiger partial charge in [0.25, 0.3) is 11.8 Å². The van der Waals surface area contributed by atoms with E-state index in [9.17, 15) is 9.59 Å². The van der Waals surface area contributed by atoms with Crippen LogP contribution in [0.15, 0.2) is 46.9 Å². The zero-order valence-corrected chi connectivity index (χ0v) is 15.3. The molecule has 2 amide bonds. The van der Waals surface area contributed by atoms with E-state index in [-0.39, 0.29) is 6.61 Å². The van der Waals surface area contributed by atoms with Crippen LogP contribution in [0.4, 0.5) is 0 Å². The molecule has 0 unspecified atom stereocenters. The van der Waals surface area contributed by atoms with Crippen LogP contribution in [-0.4, -0.2) is 18.4 Å². The molecule has 0 bridgehead atoms. The molecule has 2 aromatic carbocycles. The highest BCUT2D eigenvalue weighted by Crippen LogP contribution is 2.26. The second kappa shape index (κ2) is 8.70. The Morgan fingerprint density at radius 2 is 1.96 bits per heavy atom. The average Bonchev–Trinajstić information content (AvgIpc) is 2.58. The summed E-state index contributed by atoms with van der Waals surface area (Å²) in [5.74, 6) is -0.375. The number of hydrogen-bond acceptors (Lipinski definition) is 3. The van der Waals surface area contributed by atoms with Crippen molar-refractivity contribution in [1.29, 1.82) is 0 Å². The van der Waals surface area contributed by atoms with Crippen molar-refractivity contribution in [2.75, 3.05) is 6.61 Å². The quantitative estimate of drug-likeness (QED) is 0.740. The van der Waals surface area contributed by atoms with E-state index in [0.29, 0.717) is 16.3 Å². The van der Waals surface area contributed by atoms with Gasteiger partial charge in [0.15, 0.2) is 6.61 Å². The lowest BCUT2D eigenvalue weighted by molar-refractivity contribution is -0.123. The van der Waals surface area contributed by atoms with Crippen LogP contribution in [0.1, 0.15) is 22.8 Å². The normalized spacial score (nSPS) is 10.1. The summed E-state index contributed by atoms with van der Waals surface area (Å²) >= 11 is 9.21. The minimum absolute atomic E-state index is 0.222. The van der Waals surface area contributed by atoms with Gasteiger partial charge < -0.3 is 4.74 Å². The summed E-state index contributed by atoms with van der Waals surface area (Å²) in [6.07, 6.45) is 0.912. The topological polar surface area (TPSA) is 67.4 Å². The number of rotatable bonds is 5. The third kappa shape index (κ3) is 5.25. The maximum atomic E-state index is 11.9. The van der Waals surface area contributed by atoms with E-state index < -0.39 is 11.8 Å². The lowest BCUT2D eigenvalue weighted by atomic mass is 10.2. The zero-order valence-electron chi connectivity index (χ0n) is 12.9. The van der Waals surface area contributed by atoms with E-state index in [2.05, 4.69) is 33.7 Å². The van der Waals surface area contributed by atoms with Gasteiger partial charge in [0, 0.05) is 10.6 Å².